The van der Waals surface area contributed by atoms with Crippen molar-refractivity contribution in [3.8, 4) is 5.75 Å². The molecule has 8 heteroatoms. The molecule has 1 fully saturated rings. The Morgan fingerprint density at radius 2 is 1.85 bits per heavy atom. The number of aromatic nitrogens is 1. The number of hydrogen-bond donors (Lipinski definition) is 4. The molecule has 3 amide bonds. The molecule has 1 aromatic heterocycles. The Bertz CT molecular complexity index is 770. The zero-order valence-corrected chi connectivity index (χ0v) is 15.2. The van der Waals surface area contributed by atoms with Gasteiger partial charge in [-0.05, 0) is 44.1 Å². The number of likely N-dealkylation sites (tertiary alicyclic amines) is 1. The van der Waals surface area contributed by atoms with Crippen molar-refractivity contribution < 1.29 is 14.3 Å². The minimum absolute atomic E-state index is 0.270. The summed E-state index contributed by atoms with van der Waals surface area (Å²) in [6.07, 6.45) is 6.97. The predicted octanol–water partition coefficient (Wildman–Crippen LogP) is 2.62. The number of nitrogens with zero attached hydrogens (tertiary/aromatic N) is 1. The topological polar surface area (TPSA) is 112 Å². The molecule has 144 valence electrons. The van der Waals surface area contributed by atoms with Gasteiger partial charge in [0, 0.05) is 18.9 Å². The van der Waals surface area contributed by atoms with Crippen LogP contribution in [0.2, 0.25) is 0 Å². The maximum atomic E-state index is 12.4. The molecule has 2 aromatic rings. The van der Waals surface area contributed by atoms with E-state index in [1.807, 2.05) is 0 Å². The number of H-pyrrole nitrogens is 1. The fourth-order valence-corrected chi connectivity index (χ4v) is 3.14. The number of anilines is 2. The number of amides is 3. The summed E-state index contributed by atoms with van der Waals surface area (Å²) in [5.41, 5.74) is 6.67. The number of rotatable bonds is 7. The molecule has 8 nitrogen and oxygen atoms in total. The minimum Gasteiger partial charge on any atom is -0.488 e. The van der Waals surface area contributed by atoms with Gasteiger partial charge in [-0.2, -0.15) is 0 Å². The van der Waals surface area contributed by atoms with Crippen LogP contribution in [0.25, 0.3) is 0 Å². The lowest BCUT2D eigenvalue weighted by atomic mass is 10.1. The number of carbonyl (C=O) groups excluding carboxylic acids is 2. The van der Waals surface area contributed by atoms with Crippen molar-refractivity contribution in [3.05, 3.63) is 42.2 Å². The molecule has 0 radical (unpaired) electrons. The number of aromatic amines is 1. The molecular weight excluding hydrogens is 346 g/mol. The number of urea groups is 1. The van der Waals surface area contributed by atoms with Gasteiger partial charge in [-0.25, -0.2) is 4.79 Å². The Morgan fingerprint density at radius 3 is 2.52 bits per heavy atom. The predicted molar refractivity (Wildman–Crippen MR) is 104 cm³/mol. The van der Waals surface area contributed by atoms with Gasteiger partial charge in [0.1, 0.15) is 6.61 Å². The molecule has 3 rings (SSSR count). The second-order valence-corrected chi connectivity index (χ2v) is 6.48. The third-order valence-corrected chi connectivity index (χ3v) is 4.48. The van der Waals surface area contributed by atoms with Gasteiger partial charge in [0.05, 0.1) is 16.9 Å². The van der Waals surface area contributed by atoms with Gasteiger partial charge in [-0.3, -0.25) is 9.69 Å². The van der Waals surface area contributed by atoms with Crippen LogP contribution in [-0.2, 0) is 0 Å². The zero-order valence-electron chi connectivity index (χ0n) is 15.2. The van der Waals surface area contributed by atoms with E-state index in [4.69, 9.17) is 10.5 Å². The van der Waals surface area contributed by atoms with Crippen molar-refractivity contribution in [2.24, 2.45) is 5.73 Å². The van der Waals surface area contributed by atoms with Crippen molar-refractivity contribution in [2.45, 2.75) is 19.3 Å². The first kappa shape index (κ1) is 18.8. The van der Waals surface area contributed by atoms with Gasteiger partial charge in [0.2, 0.25) is 0 Å². The number of primary amides is 1. The van der Waals surface area contributed by atoms with E-state index in [9.17, 15) is 9.59 Å². The largest absolute Gasteiger partial charge is 0.488 e. The highest BCUT2D eigenvalue weighted by Gasteiger charge is 2.16. The van der Waals surface area contributed by atoms with Crippen LogP contribution >= 0.6 is 0 Å². The number of benzene rings is 1. The summed E-state index contributed by atoms with van der Waals surface area (Å²) < 4.78 is 5.96. The number of carbonyl (C=O) groups is 2. The number of para-hydroxylation sites is 1. The molecular formula is C19H25N5O3. The summed E-state index contributed by atoms with van der Waals surface area (Å²) >= 11 is 0. The van der Waals surface area contributed by atoms with Gasteiger partial charge in [0.15, 0.2) is 5.75 Å². The highest BCUT2D eigenvalue weighted by molar-refractivity contribution is 6.05. The second kappa shape index (κ2) is 9.09. The lowest BCUT2D eigenvalue weighted by molar-refractivity contribution is 0.102. The molecule has 0 atom stereocenters. The minimum atomic E-state index is -0.690. The summed E-state index contributed by atoms with van der Waals surface area (Å²) in [5.74, 6) is 0.130. The first-order valence-corrected chi connectivity index (χ1v) is 9.12. The molecule has 0 saturated carbocycles. The molecule has 1 aromatic carbocycles. The van der Waals surface area contributed by atoms with Crippen LogP contribution in [0.5, 0.6) is 5.75 Å². The van der Waals surface area contributed by atoms with Crippen molar-refractivity contribution in [1.82, 2.24) is 9.88 Å². The molecule has 2 heterocycles. The number of nitrogens with one attached hydrogen (secondary N) is 3. The van der Waals surface area contributed by atoms with Crippen LogP contribution in [0.1, 0.15) is 29.6 Å². The first-order valence-electron chi connectivity index (χ1n) is 9.12. The number of ether oxygens (including phenoxy) is 1. The fraction of sp³-hybridized carbons (Fsp3) is 0.368. The van der Waals surface area contributed by atoms with Crippen molar-refractivity contribution in [1.29, 1.82) is 0 Å². The average Bonchev–Trinajstić information content (AvgIpc) is 3.19. The normalized spacial score (nSPS) is 14.5. The number of piperidine rings is 1. The molecule has 0 unspecified atom stereocenters. The van der Waals surface area contributed by atoms with E-state index >= 15 is 0 Å². The van der Waals surface area contributed by atoms with E-state index in [0.29, 0.717) is 29.3 Å². The molecule has 5 N–H and O–H groups in total. The van der Waals surface area contributed by atoms with Crippen molar-refractivity contribution in [2.75, 3.05) is 36.9 Å². The van der Waals surface area contributed by atoms with Gasteiger partial charge in [-0.1, -0.05) is 12.5 Å². The van der Waals surface area contributed by atoms with Gasteiger partial charge in [-0.15, -0.1) is 0 Å². The molecule has 1 aliphatic rings. The molecule has 1 saturated heterocycles. The van der Waals surface area contributed by atoms with E-state index in [1.165, 1.54) is 19.3 Å². The van der Waals surface area contributed by atoms with Crippen molar-refractivity contribution >= 4 is 23.3 Å². The van der Waals surface area contributed by atoms with Gasteiger partial charge < -0.3 is 26.1 Å². The summed E-state index contributed by atoms with van der Waals surface area (Å²) in [7, 11) is 0. The summed E-state index contributed by atoms with van der Waals surface area (Å²) in [5, 5.41) is 5.38. The Morgan fingerprint density at radius 1 is 1.11 bits per heavy atom. The Hall–Kier alpha value is -3.00. The highest BCUT2D eigenvalue weighted by Crippen LogP contribution is 2.33. The monoisotopic (exact) mass is 371 g/mol. The third-order valence-electron chi connectivity index (χ3n) is 4.48. The maximum absolute atomic E-state index is 12.4. The number of nitrogens with two attached hydrogens (primary N) is 1. The second-order valence-electron chi connectivity index (χ2n) is 6.48. The smallest absolute Gasteiger partial charge is 0.316 e. The van der Waals surface area contributed by atoms with E-state index in [0.717, 1.165) is 19.6 Å². The maximum Gasteiger partial charge on any atom is 0.316 e. The molecule has 0 aliphatic carbocycles. The lowest BCUT2D eigenvalue weighted by Crippen LogP contribution is -2.33. The van der Waals surface area contributed by atoms with Crippen LogP contribution in [0, 0.1) is 0 Å². The molecule has 1 aliphatic heterocycles. The SMILES string of the molecule is NC(=O)Nc1cccc(NC(=O)c2cc[nH]c2)c1OCCN1CCCCC1. The Labute approximate surface area is 158 Å². The summed E-state index contributed by atoms with van der Waals surface area (Å²) in [6, 6.07) is 6.12. The number of hydrogen-bond acceptors (Lipinski definition) is 4. The van der Waals surface area contributed by atoms with Gasteiger partial charge >= 0.3 is 6.03 Å². The third kappa shape index (κ3) is 5.24. The lowest BCUT2D eigenvalue weighted by Gasteiger charge is -2.26. The molecule has 0 spiro atoms. The standard InChI is InChI=1S/C19H25N5O3/c20-19(26)23-16-6-4-5-15(22-18(25)14-7-8-21-13-14)17(16)27-12-11-24-9-2-1-3-10-24/h4-8,13,21H,1-3,9-12H2,(H,22,25)(H3,20,23,26). The van der Waals surface area contributed by atoms with Crippen LogP contribution in [0.4, 0.5) is 16.2 Å². The van der Waals surface area contributed by atoms with Crippen LogP contribution in [-0.4, -0.2) is 48.1 Å². The van der Waals surface area contributed by atoms with E-state index in [1.54, 1.807) is 36.7 Å². The van der Waals surface area contributed by atoms with Crippen LogP contribution < -0.4 is 21.1 Å². The van der Waals surface area contributed by atoms with Gasteiger partial charge in [0.25, 0.3) is 5.91 Å². The first-order chi connectivity index (χ1) is 13.1. The highest BCUT2D eigenvalue weighted by atomic mass is 16.5. The average molecular weight is 371 g/mol. The van der Waals surface area contributed by atoms with Crippen LogP contribution in [0.15, 0.2) is 36.7 Å². The molecule has 0 bridgehead atoms. The Balaban J connectivity index is 1.72. The van der Waals surface area contributed by atoms with Crippen LogP contribution in [0.3, 0.4) is 0 Å². The summed E-state index contributed by atoms with van der Waals surface area (Å²) in [4.78, 5) is 28.9. The summed E-state index contributed by atoms with van der Waals surface area (Å²) in [6.45, 7) is 3.38. The zero-order chi connectivity index (χ0) is 19.1. The molecule has 27 heavy (non-hydrogen) atoms. The van der Waals surface area contributed by atoms with Crippen molar-refractivity contribution in [3.63, 3.8) is 0 Å². The van der Waals surface area contributed by atoms with E-state index in [2.05, 4.69) is 20.5 Å². The van der Waals surface area contributed by atoms with E-state index < -0.39 is 6.03 Å². The quantitative estimate of drug-likeness (QED) is 0.599. The Kier molecular flexibility index (Phi) is 6.32. The van der Waals surface area contributed by atoms with E-state index in [-0.39, 0.29) is 5.91 Å². The fourth-order valence-electron chi connectivity index (χ4n) is 3.14.